The van der Waals surface area contributed by atoms with Gasteiger partial charge in [-0.25, -0.2) is 13.1 Å². The van der Waals surface area contributed by atoms with E-state index in [1.54, 1.807) is 23.1 Å². The highest BCUT2D eigenvalue weighted by Gasteiger charge is 2.25. The third-order valence-corrected chi connectivity index (χ3v) is 6.05. The van der Waals surface area contributed by atoms with Gasteiger partial charge in [0.2, 0.25) is 10.0 Å². The third-order valence-electron chi connectivity index (χ3n) is 4.36. The average Bonchev–Trinajstić information content (AvgIpc) is 3.15. The molecule has 0 aliphatic carbocycles. The van der Waals surface area contributed by atoms with Crippen molar-refractivity contribution in [2.75, 3.05) is 19.6 Å². The van der Waals surface area contributed by atoms with Crippen molar-refractivity contribution in [1.82, 2.24) is 9.62 Å². The molecule has 8 heteroatoms. The van der Waals surface area contributed by atoms with Gasteiger partial charge in [-0.15, -0.1) is 0 Å². The van der Waals surface area contributed by atoms with E-state index in [0.29, 0.717) is 30.2 Å². The summed E-state index contributed by atoms with van der Waals surface area (Å²) < 4.78 is 32.2. The fourth-order valence-electron chi connectivity index (χ4n) is 2.83. The number of carbonyl (C=O) groups is 1. The fraction of sp³-hybridized carbons (Fsp3) is 0.353. The molecule has 3 rings (SSSR count). The monoisotopic (exact) mass is 382 g/mol. The first-order chi connectivity index (χ1) is 12.0. The lowest BCUT2D eigenvalue weighted by molar-refractivity contribution is 0.0691. The Labute approximate surface area is 151 Å². The van der Waals surface area contributed by atoms with Crippen LogP contribution < -0.4 is 4.72 Å². The zero-order chi connectivity index (χ0) is 17.9. The van der Waals surface area contributed by atoms with Crippen molar-refractivity contribution in [3.8, 4) is 0 Å². The SMILES string of the molecule is O=C(c1ccoc1)N1CCC(CNS(=O)(=O)c2ccc(Cl)cc2)CC1. The Morgan fingerprint density at radius 2 is 1.88 bits per heavy atom. The largest absolute Gasteiger partial charge is 0.472 e. The Morgan fingerprint density at radius 3 is 2.48 bits per heavy atom. The quantitative estimate of drug-likeness (QED) is 0.862. The zero-order valence-corrected chi connectivity index (χ0v) is 15.1. The topological polar surface area (TPSA) is 79.6 Å². The van der Waals surface area contributed by atoms with Crippen molar-refractivity contribution in [2.45, 2.75) is 17.7 Å². The minimum absolute atomic E-state index is 0.0473. The molecule has 0 bridgehead atoms. The minimum Gasteiger partial charge on any atom is -0.472 e. The molecule has 2 aromatic rings. The molecular formula is C17H19ClN2O4S. The summed E-state index contributed by atoms with van der Waals surface area (Å²) in [6.07, 6.45) is 4.43. The number of furan rings is 1. The summed E-state index contributed by atoms with van der Waals surface area (Å²) in [7, 11) is -3.54. The molecule has 6 nitrogen and oxygen atoms in total. The molecule has 2 heterocycles. The van der Waals surface area contributed by atoms with Crippen molar-refractivity contribution in [3.05, 3.63) is 53.4 Å². The van der Waals surface area contributed by atoms with Crippen molar-refractivity contribution in [1.29, 1.82) is 0 Å². The Hall–Kier alpha value is -1.83. The van der Waals surface area contributed by atoms with Gasteiger partial charge in [-0.1, -0.05) is 11.6 Å². The summed E-state index contributed by atoms with van der Waals surface area (Å²) in [5, 5.41) is 0.494. The van der Waals surface area contributed by atoms with Crippen LogP contribution in [0.5, 0.6) is 0 Å². The molecule has 1 aromatic heterocycles. The predicted molar refractivity (Wildman–Crippen MR) is 94.0 cm³/mol. The van der Waals surface area contributed by atoms with Crippen LogP contribution in [0.3, 0.4) is 0 Å². The van der Waals surface area contributed by atoms with Crippen molar-refractivity contribution < 1.29 is 17.6 Å². The number of sulfonamides is 1. The maximum absolute atomic E-state index is 12.3. The van der Waals surface area contributed by atoms with Gasteiger partial charge in [-0.05, 0) is 49.1 Å². The van der Waals surface area contributed by atoms with Gasteiger partial charge in [0.25, 0.3) is 5.91 Å². The third kappa shape index (κ3) is 4.42. The van der Waals surface area contributed by atoms with Gasteiger partial charge in [0.15, 0.2) is 0 Å². The Kier molecular flexibility index (Phi) is 5.46. The summed E-state index contributed by atoms with van der Waals surface area (Å²) in [6, 6.07) is 7.72. The number of hydrogen-bond donors (Lipinski definition) is 1. The molecule has 0 atom stereocenters. The van der Waals surface area contributed by atoms with Crippen LogP contribution in [0.4, 0.5) is 0 Å². The van der Waals surface area contributed by atoms with Crippen molar-refractivity contribution >= 4 is 27.5 Å². The van der Waals surface area contributed by atoms with E-state index in [4.69, 9.17) is 16.0 Å². The predicted octanol–water partition coefficient (Wildman–Crippen LogP) is 2.76. The Balaban J connectivity index is 1.51. The summed E-state index contributed by atoms with van der Waals surface area (Å²) in [5.41, 5.74) is 0.543. The smallest absolute Gasteiger partial charge is 0.257 e. The molecule has 0 spiro atoms. The molecule has 0 radical (unpaired) electrons. The van der Waals surface area contributed by atoms with Crippen molar-refractivity contribution in [3.63, 3.8) is 0 Å². The number of nitrogens with one attached hydrogen (secondary N) is 1. The average molecular weight is 383 g/mol. The van der Waals surface area contributed by atoms with Gasteiger partial charge in [-0.2, -0.15) is 0 Å². The molecule has 1 saturated heterocycles. The lowest BCUT2D eigenvalue weighted by Crippen LogP contribution is -2.41. The van der Waals surface area contributed by atoms with Crippen LogP contribution in [0.2, 0.25) is 5.02 Å². The molecule has 1 aliphatic rings. The van der Waals surface area contributed by atoms with Crippen LogP contribution >= 0.6 is 11.6 Å². The number of benzene rings is 1. The highest BCUT2D eigenvalue weighted by Crippen LogP contribution is 2.20. The number of hydrogen-bond acceptors (Lipinski definition) is 4. The number of carbonyl (C=O) groups excluding carboxylic acids is 1. The van der Waals surface area contributed by atoms with Gasteiger partial charge in [0.1, 0.15) is 6.26 Å². The second-order valence-corrected chi connectivity index (χ2v) is 8.26. The molecule has 0 saturated carbocycles. The Bertz CT molecular complexity index is 811. The van der Waals surface area contributed by atoms with E-state index in [-0.39, 0.29) is 16.7 Å². The van der Waals surface area contributed by atoms with Gasteiger partial charge < -0.3 is 9.32 Å². The normalized spacial score (nSPS) is 16.1. The van der Waals surface area contributed by atoms with Crippen LogP contribution in [0.1, 0.15) is 23.2 Å². The van der Waals surface area contributed by atoms with Gasteiger partial charge in [0, 0.05) is 24.7 Å². The fourth-order valence-corrected chi connectivity index (χ4v) is 4.08. The summed E-state index contributed by atoms with van der Waals surface area (Å²) in [5.74, 6) is 0.157. The van der Waals surface area contributed by atoms with Crippen LogP contribution in [0, 0.1) is 5.92 Å². The lowest BCUT2D eigenvalue weighted by atomic mass is 9.97. The molecule has 25 heavy (non-hydrogen) atoms. The second-order valence-electron chi connectivity index (χ2n) is 6.05. The summed E-state index contributed by atoms with van der Waals surface area (Å²) >= 11 is 5.78. The standard InChI is InChI=1S/C17H19ClN2O4S/c18-15-1-3-16(4-2-15)25(22,23)19-11-13-5-8-20(9-6-13)17(21)14-7-10-24-12-14/h1-4,7,10,12-13,19H,5-6,8-9,11H2. The van der Waals surface area contributed by atoms with Crippen LogP contribution in [-0.2, 0) is 10.0 Å². The number of halogens is 1. The lowest BCUT2D eigenvalue weighted by Gasteiger charge is -2.31. The van der Waals surface area contributed by atoms with Crippen LogP contribution in [0.25, 0.3) is 0 Å². The molecule has 1 aromatic carbocycles. The van der Waals surface area contributed by atoms with E-state index < -0.39 is 10.0 Å². The highest BCUT2D eigenvalue weighted by atomic mass is 35.5. The van der Waals surface area contributed by atoms with Crippen LogP contribution in [-0.4, -0.2) is 38.9 Å². The number of nitrogens with zero attached hydrogens (tertiary/aromatic N) is 1. The molecule has 0 unspecified atom stereocenters. The number of likely N-dealkylation sites (tertiary alicyclic amines) is 1. The molecule has 134 valence electrons. The summed E-state index contributed by atoms with van der Waals surface area (Å²) in [6.45, 7) is 1.58. The molecule has 1 fully saturated rings. The van der Waals surface area contributed by atoms with E-state index in [9.17, 15) is 13.2 Å². The Morgan fingerprint density at radius 1 is 1.20 bits per heavy atom. The molecule has 1 N–H and O–H groups in total. The highest BCUT2D eigenvalue weighted by molar-refractivity contribution is 7.89. The van der Waals surface area contributed by atoms with E-state index >= 15 is 0 Å². The van der Waals surface area contributed by atoms with Gasteiger partial charge >= 0.3 is 0 Å². The maximum Gasteiger partial charge on any atom is 0.257 e. The maximum atomic E-state index is 12.3. The molecular weight excluding hydrogens is 364 g/mol. The van der Waals surface area contributed by atoms with E-state index in [1.807, 2.05) is 0 Å². The minimum atomic E-state index is -3.54. The number of rotatable bonds is 5. The van der Waals surface area contributed by atoms with E-state index in [0.717, 1.165) is 12.8 Å². The number of piperidine rings is 1. The number of amides is 1. The first-order valence-electron chi connectivity index (χ1n) is 8.02. The first kappa shape index (κ1) is 18.0. The first-order valence-corrected chi connectivity index (χ1v) is 9.88. The van der Waals surface area contributed by atoms with E-state index in [2.05, 4.69) is 4.72 Å². The second kappa shape index (κ2) is 7.59. The van der Waals surface area contributed by atoms with Crippen molar-refractivity contribution in [2.24, 2.45) is 5.92 Å². The van der Waals surface area contributed by atoms with E-state index in [1.165, 1.54) is 24.7 Å². The van der Waals surface area contributed by atoms with Gasteiger partial charge in [-0.3, -0.25) is 4.79 Å². The zero-order valence-electron chi connectivity index (χ0n) is 13.5. The van der Waals surface area contributed by atoms with Gasteiger partial charge in [0.05, 0.1) is 16.7 Å². The van der Waals surface area contributed by atoms with Crippen LogP contribution in [0.15, 0.2) is 52.2 Å². The molecule has 1 aliphatic heterocycles. The summed E-state index contributed by atoms with van der Waals surface area (Å²) in [4.78, 5) is 14.2. The molecule has 1 amide bonds.